The summed E-state index contributed by atoms with van der Waals surface area (Å²) in [5, 5.41) is 8.27. The monoisotopic (exact) mass is 520 g/mol. The highest BCUT2D eigenvalue weighted by atomic mass is 32.2. The number of ether oxygens (including phenoxy) is 2. The summed E-state index contributed by atoms with van der Waals surface area (Å²) in [6.45, 7) is 3.13. The van der Waals surface area contributed by atoms with Crippen molar-refractivity contribution in [1.29, 1.82) is 5.41 Å². The molecule has 2 aliphatic rings. The van der Waals surface area contributed by atoms with Crippen LogP contribution >= 0.6 is 11.8 Å². The summed E-state index contributed by atoms with van der Waals surface area (Å²) in [5.74, 6) is -2.21. The van der Waals surface area contributed by atoms with Crippen molar-refractivity contribution in [2.75, 3.05) is 38.3 Å². The smallest absolute Gasteiger partial charge is 0.344 e. The van der Waals surface area contributed by atoms with Gasteiger partial charge in [-0.2, -0.15) is 0 Å². The Morgan fingerprint density at radius 1 is 1.26 bits per heavy atom. The van der Waals surface area contributed by atoms with E-state index < -0.39 is 34.2 Å². The molecule has 0 aromatic heterocycles. The van der Waals surface area contributed by atoms with Crippen LogP contribution < -0.4 is 4.74 Å². The van der Waals surface area contributed by atoms with E-state index in [0.29, 0.717) is 6.54 Å². The van der Waals surface area contributed by atoms with Gasteiger partial charge in [0.1, 0.15) is 10.6 Å². The molecule has 0 spiro atoms. The summed E-state index contributed by atoms with van der Waals surface area (Å²) < 4.78 is 35.5. The van der Waals surface area contributed by atoms with Gasteiger partial charge in [0.05, 0.1) is 35.8 Å². The summed E-state index contributed by atoms with van der Waals surface area (Å²) in [4.78, 5) is 39.0. The Hall–Kier alpha value is -2.92. The average molecular weight is 521 g/mol. The van der Waals surface area contributed by atoms with Crippen LogP contribution in [0.4, 0.5) is 0 Å². The predicted molar refractivity (Wildman–Crippen MR) is 133 cm³/mol. The van der Waals surface area contributed by atoms with Crippen molar-refractivity contribution in [1.82, 2.24) is 4.90 Å². The number of thioether (sulfide) groups is 1. The molecule has 1 aliphatic heterocycles. The number of sulfone groups is 1. The van der Waals surface area contributed by atoms with Gasteiger partial charge < -0.3 is 14.4 Å². The van der Waals surface area contributed by atoms with Crippen molar-refractivity contribution in [3.05, 3.63) is 47.7 Å². The molecule has 0 saturated heterocycles. The number of rotatable bonds is 10. The molecule has 2 unspecified atom stereocenters. The number of allylic oxidation sites excluding steroid dienone is 2. The van der Waals surface area contributed by atoms with Gasteiger partial charge in [0.2, 0.25) is 0 Å². The molecule has 0 saturated carbocycles. The molecule has 1 aliphatic carbocycles. The van der Waals surface area contributed by atoms with Gasteiger partial charge in [-0.1, -0.05) is 19.1 Å². The van der Waals surface area contributed by atoms with E-state index in [1.54, 1.807) is 30.4 Å². The Balaban J connectivity index is 1.76. The van der Waals surface area contributed by atoms with Crippen LogP contribution in [0.5, 0.6) is 5.75 Å². The van der Waals surface area contributed by atoms with Crippen molar-refractivity contribution in [3.8, 4) is 5.75 Å². The predicted octanol–water partition coefficient (Wildman–Crippen LogP) is 2.52. The lowest BCUT2D eigenvalue weighted by molar-refractivity contribution is -0.145. The summed E-state index contributed by atoms with van der Waals surface area (Å²) in [5.41, 5.74) is 0.975. The summed E-state index contributed by atoms with van der Waals surface area (Å²) in [7, 11) is -3.74. The fourth-order valence-corrected chi connectivity index (χ4v) is 5.39. The van der Waals surface area contributed by atoms with E-state index in [9.17, 15) is 22.8 Å². The minimum Gasteiger partial charge on any atom is -0.481 e. The fraction of sp³-hybridized carbons (Fsp3) is 0.417. The molecule has 188 valence electrons. The Kier molecular flexibility index (Phi) is 8.55. The van der Waals surface area contributed by atoms with E-state index in [2.05, 4.69) is 0 Å². The zero-order valence-corrected chi connectivity index (χ0v) is 21.4. The fourth-order valence-electron chi connectivity index (χ4n) is 3.89. The number of carbonyl (C=O) groups is 3. The quantitative estimate of drug-likeness (QED) is 0.214. The Bertz CT molecular complexity index is 1200. The van der Waals surface area contributed by atoms with Crippen molar-refractivity contribution < 1.29 is 32.3 Å². The largest absolute Gasteiger partial charge is 0.481 e. The number of benzene rings is 1. The SMILES string of the molecule is CCOC(=O)COc1ccc(C(=O)CN2C=C3C=CC(C(=N)SC)C(=O)C3C2)cc1S(=O)(=O)CC. The molecule has 0 radical (unpaired) electrons. The standard InChI is InChI=1S/C24H28N2O7S2/c1-4-32-22(28)14-33-20-9-7-15(10-21(20)35(30,31)5-2)19(27)13-26-11-16-6-8-17(24(25)34-3)23(29)18(16)12-26/h6-11,17-18,25H,4-5,12-14H2,1-3H3. The first kappa shape index (κ1) is 26.7. The van der Waals surface area contributed by atoms with Gasteiger partial charge in [-0.15, -0.1) is 11.8 Å². The molecule has 3 rings (SSSR count). The van der Waals surface area contributed by atoms with Gasteiger partial charge in [0, 0.05) is 18.3 Å². The maximum Gasteiger partial charge on any atom is 0.344 e. The molecular formula is C24H28N2O7S2. The molecule has 0 amide bonds. The number of hydrogen-bond acceptors (Lipinski definition) is 10. The molecule has 1 N–H and O–H groups in total. The van der Waals surface area contributed by atoms with Gasteiger partial charge >= 0.3 is 5.97 Å². The lowest BCUT2D eigenvalue weighted by Gasteiger charge is -2.23. The van der Waals surface area contributed by atoms with Crippen molar-refractivity contribution in [2.45, 2.75) is 18.7 Å². The van der Waals surface area contributed by atoms with Crippen LogP contribution in [0.15, 0.2) is 47.0 Å². The van der Waals surface area contributed by atoms with Crippen LogP contribution in [0.3, 0.4) is 0 Å². The van der Waals surface area contributed by atoms with Crippen molar-refractivity contribution in [2.24, 2.45) is 11.8 Å². The molecule has 35 heavy (non-hydrogen) atoms. The minimum atomic E-state index is -3.74. The lowest BCUT2D eigenvalue weighted by atomic mass is 9.84. The summed E-state index contributed by atoms with van der Waals surface area (Å²) in [6, 6.07) is 4.08. The number of nitrogens with zero attached hydrogens (tertiary/aromatic N) is 1. The van der Waals surface area contributed by atoms with Crippen LogP contribution in [0, 0.1) is 17.2 Å². The number of nitrogens with one attached hydrogen (secondary N) is 1. The first-order valence-corrected chi connectivity index (χ1v) is 14.0. The van der Waals surface area contributed by atoms with Crippen LogP contribution in [0.25, 0.3) is 0 Å². The highest BCUT2D eigenvalue weighted by Crippen LogP contribution is 2.33. The molecule has 0 fully saturated rings. The molecule has 0 bridgehead atoms. The topological polar surface area (TPSA) is 131 Å². The van der Waals surface area contributed by atoms with E-state index in [1.165, 1.54) is 36.9 Å². The van der Waals surface area contributed by atoms with Gasteiger partial charge in [0.15, 0.2) is 28.0 Å². The maximum absolute atomic E-state index is 13.0. The number of Topliss-reactive ketones (excluding diaryl/α,β-unsaturated/α-hetero) is 2. The van der Waals surface area contributed by atoms with Gasteiger partial charge in [0.25, 0.3) is 0 Å². The molecular weight excluding hydrogens is 492 g/mol. The van der Waals surface area contributed by atoms with E-state index in [1.807, 2.05) is 6.08 Å². The van der Waals surface area contributed by atoms with Crippen molar-refractivity contribution in [3.63, 3.8) is 0 Å². The number of carbonyl (C=O) groups excluding carboxylic acids is 3. The molecule has 1 heterocycles. The van der Waals surface area contributed by atoms with E-state index in [-0.39, 0.29) is 51.7 Å². The minimum absolute atomic E-state index is 0.0243. The van der Waals surface area contributed by atoms with Crippen LogP contribution in [-0.4, -0.2) is 74.2 Å². The van der Waals surface area contributed by atoms with E-state index >= 15 is 0 Å². The summed E-state index contributed by atoms with van der Waals surface area (Å²) >= 11 is 1.23. The normalized spacial score (nSPS) is 19.2. The Morgan fingerprint density at radius 2 is 2.00 bits per heavy atom. The average Bonchev–Trinajstić information content (AvgIpc) is 3.26. The van der Waals surface area contributed by atoms with Gasteiger partial charge in [-0.3, -0.25) is 15.0 Å². The number of esters is 1. The van der Waals surface area contributed by atoms with Crippen molar-refractivity contribution >= 4 is 44.2 Å². The zero-order valence-electron chi connectivity index (χ0n) is 19.8. The number of fused-ring (bicyclic) bond motifs is 1. The summed E-state index contributed by atoms with van der Waals surface area (Å²) in [6.07, 6.45) is 7.06. The lowest BCUT2D eigenvalue weighted by Crippen LogP contribution is -2.34. The highest BCUT2D eigenvalue weighted by Gasteiger charge is 2.37. The van der Waals surface area contributed by atoms with Crippen LogP contribution in [0.2, 0.25) is 0 Å². The van der Waals surface area contributed by atoms with Crippen LogP contribution in [-0.2, 0) is 24.2 Å². The third-order valence-electron chi connectivity index (χ3n) is 5.76. The second kappa shape index (κ2) is 11.2. The van der Waals surface area contributed by atoms with Gasteiger partial charge in [-0.05, 0) is 37.0 Å². The Morgan fingerprint density at radius 3 is 2.66 bits per heavy atom. The molecule has 11 heteroatoms. The zero-order chi connectivity index (χ0) is 25.8. The molecule has 2 atom stereocenters. The number of ketones is 2. The first-order valence-electron chi connectivity index (χ1n) is 11.1. The number of hydrogen-bond donors (Lipinski definition) is 1. The van der Waals surface area contributed by atoms with Crippen LogP contribution in [0.1, 0.15) is 24.2 Å². The second-order valence-corrected chi connectivity index (χ2v) is 11.1. The van der Waals surface area contributed by atoms with Gasteiger partial charge in [-0.25, -0.2) is 13.2 Å². The highest BCUT2D eigenvalue weighted by molar-refractivity contribution is 8.13. The second-order valence-electron chi connectivity index (χ2n) is 8.00. The van der Waals surface area contributed by atoms with E-state index in [4.69, 9.17) is 14.9 Å². The Labute approximate surface area is 209 Å². The molecule has 9 nitrogen and oxygen atoms in total. The first-order chi connectivity index (χ1) is 16.6. The molecule has 1 aromatic rings. The third-order valence-corrected chi connectivity index (χ3v) is 8.21. The van der Waals surface area contributed by atoms with E-state index in [0.717, 1.165) is 5.57 Å². The third kappa shape index (κ3) is 6.02. The molecule has 1 aromatic carbocycles. The maximum atomic E-state index is 13.0.